The van der Waals surface area contributed by atoms with Gasteiger partial charge in [0.2, 0.25) is 0 Å². The SMILES string of the molecule is CC.CC1N=C(N)OC2=CCCCC21. The van der Waals surface area contributed by atoms with Crippen LogP contribution in [-0.4, -0.2) is 12.1 Å². The van der Waals surface area contributed by atoms with E-state index in [1.807, 2.05) is 13.8 Å². The van der Waals surface area contributed by atoms with Crippen LogP contribution in [0.15, 0.2) is 16.8 Å². The first kappa shape index (κ1) is 11.1. The molecule has 80 valence electrons. The van der Waals surface area contributed by atoms with Gasteiger partial charge in [-0.2, -0.15) is 0 Å². The predicted molar refractivity (Wildman–Crippen MR) is 58.9 cm³/mol. The standard InChI is InChI=1S/C9H14N2O.C2H6/c1-6-7-4-2-3-5-8(7)12-9(10)11-6;1-2/h5-7H,2-4H2,1H3,(H2,10,11);1-2H3. The number of nitrogens with zero attached hydrogens (tertiary/aromatic N) is 1. The van der Waals surface area contributed by atoms with E-state index in [4.69, 9.17) is 10.5 Å². The molecule has 0 aromatic carbocycles. The highest BCUT2D eigenvalue weighted by atomic mass is 16.5. The lowest BCUT2D eigenvalue weighted by atomic mass is 9.88. The third kappa shape index (κ3) is 2.28. The second-order valence-corrected chi connectivity index (χ2v) is 3.45. The van der Waals surface area contributed by atoms with Crippen molar-refractivity contribution in [1.29, 1.82) is 0 Å². The van der Waals surface area contributed by atoms with Crippen LogP contribution in [-0.2, 0) is 4.74 Å². The summed E-state index contributed by atoms with van der Waals surface area (Å²) < 4.78 is 5.35. The molecule has 0 saturated heterocycles. The maximum Gasteiger partial charge on any atom is 0.287 e. The van der Waals surface area contributed by atoms with Crippen LogP contribution in [0.4, 0.5) is 0 Å². The molecule has 2 atom stereocenters. The lowest BCUT2D eigenvalue weighted by molar-refractivity contribution is 0.252. The molecule has 0 bridgehead atoms. The summed E-state index contributed by atoms with van der Waals surface area (Å²) in [6, 6.07) is 0.622. The molecule has 0 fully saturated rings. The summed E-state index contributed by atoms with van der Waals surface area (Å²) in [5.74, 6) is 1.52. The van der Waals surface area contributed by atoms with Gasteiger partial charge < -0.3 is 10.5 Å². The Morgan fingerprint density at radius 3 is 2.93 bits per heavy atom. The summed E-state index contributed by atoms with van der Waals surface area (Å²) in [6.07, 6.45) is 5.69. The quantitative estimate of drug-likeness (QED) is 0.646. The molecule has 1 aliphatic heterocycles. The first-order valence-corrected chi connectivity index (χ1v) is 5.48. The van der Waals surface area contributed by atoms with Gasteiger partial charge in [0.15, 0.2) is 0 Å². The van der Waals surface area contributed by atoms with Gasteiger partial charge in [-0.15, -0.1) is 0 Å². The van der Waals surface area contributed by atoms with Gasteiger partial charge in [-0.25, -0.2) is 4.99 Å². The van der Waals surface area contributed by atoms with E-state index in [1.165, 1.54) is 12.8 Å². The fraction of sp³-hybridized carbons (Fsp3) is 0.727. The van der Waals surface area contributed by atoms with E-state index in [0.29, 0.717) is 18.0 Å². The van der Waals surface area contributed by atoms with E-state index < -0.39 is 0 Å². The zero-order chi connectivity index (χ0) is 10.6. The molecule has 14 heavy (non-hydrogen) atoms. The number of hydrogen-bond acceptors (Lipinski definition) is 3. The Labute approximate surface area is 86.0 Å². The summed E-state index contributed by atoms with van der Waals surface area (Å²) in [5.41, 5.74) is 5.52. The van der Waals surface area contributed by atoms with Crippen LogP contribution in [0.3, 0.4) is 0 Å². The minimum absolute atomic E-state index is 0.297. The van der Waals surface area contributed by atoms with E-state index in [2.05, 4.69) is 18.0 Å². The lowest BCUT2D eigenvalue weighted by Gasteiger charge is -2.30. The van der Waals surface area contributed by atoms with Crippen LogP contribution in [0.5, 0.6) is 0 Å². The summed E-state index contributed by atoms with van der Waals surface area (Å²) in [6.45, 7) is 6.10. The molecule has 1 aliphatic carbocycles. The Bertz CT molecular complexity index is 246. The molecule has 3 heteroatoms. The van der Waals surface area contributed by atoms with Gasteiger partial charge in [0.25, 0.3) is 6.02 Å². The number of rotatable bonds is 0. The summed E-state index contributed by atoms with van der Waals surface area (Å²) in [7, 11) is 0. The Kier molecular flexibility index (Phi) is 3.98. The molecule has 0 aromatic heterocycles. The summed E-state index contributed by atoms with van der Waals surface area (Å²) >= 11 is 0. The molecule has 2 aliphatic rings. The fourth-order valence-electron chi connectivity index (χ4n) is 1.91. The first-order chi connectivity index (χ1) is 6.77. The van der Waals surface area contributed by atoms with Crippen molar-refractivity contribution in [2.24, 2.45) is 16.6 Å². The van der Waals surface area contributed by atoms with Crippen LogP contribution in [0.1, 0.15) is 40.0 Å². The molecule has 0 saturated carbocycles. The second kappa shape index (κ2) is 5.03. The highest BCUT2D eigenvalue weighted by Gasteiger charge is 2.29. The molecule has 2 rings (SSSR count). The van der Waals surface area contributed by atoms with Crippen molar-refractivity contribution < 1.29 is 4.74 Å². The van der Waals surface area contributed by atoms with E-state index in [9.17, 15) is 0 Å². The van der Waals surface area contributed by atoms with Crippen LogP contribution >= 0.6 is 0 Å². The van der Waals surface area contributed by atoms with Crippen LogP contribution < -0.4 is 5.73 Å². The molecule has 3 nitrogen and oxygen atoms in total. The molecule has 0 aromatic rings. The number of allylic oxidation sites excluding steroid dienone is 1. The Morgan fingerprint density at radius 2 is 2.21 bits per heavy atom. The molecule has 2 unspecified atom stereocenters. The number of nitrogens with two attached hydrogens (primary N) is 1. The van der Waals surface area contributed by atoms with E-state index in [-0.39, 0.29) is 0 Å². The van der Waals surface area contributed by atoms with Crippen molar-refractivity contribution >= 4 is 6.02 Å². The summed E-state index contributed by atoms with van der Waals surface area (Å²) in [5, 5.41) is 0. The molecular formula is C11H20N2O. The van der Waals surface area contributed by atoms with Crippen molar-refractivity contribution in [3.63, 3.8) is 0 Å². The number of hydrogen-bond donors (Lipinski definition) is 1. The van der Waals surface area contributed by atoms with Gasteiger partial charge in [-0.05, 0) is 32.3 Å². The smallest absolute Gasteiger partial charge is 0.287 e. The van der Waals surface area contributed by atoms with Gasteiger partial charge in [0.05, 0.1) is 6.04 Å². The monoisotopic (exact) mass is 196 g/mol. The highest BCUT2D eigenvalue weighted by molar-refractivity contribution is 5.73. The van der Waals surface area contributed by atoms with E-state index in [1.54, 1.807) is 0 Å². The Balaban J connectivity index is 0.000000461. The average Bonchev–Trinajstić information content (AvgIpc) is 2.20. The van der Waals surface area contributed by atoms with Gasteiger partial charge >= 0.3 is 0 Å². The lowest BCUT2D eigenvalue weighted by Crippen LogP contribution is -2.33. The zero-order valence-electron chi connectivity index (χ0n) is 9.29. The zero-order valence-corrected chi connectivity index (χ0v) is 9.29. The number of aliphatic imine (C=N–C) groups is 1. The molecule has 0 radical (unpaired) electrons. The third-order valence-corrected chi connectivity index (χ3v) is 2.57. The number of fused-ring (bicyclic) bond motifs is 1. The van der Waals surface area contributed by atoms with E-state index >= 15 is 0 Å². The Hall–Kier alpha value is -0.990. The van der Waals surface area contributed by atoms with Crippen molar-refractivity contribution in [2.75, 3.05) is 0 Å². The minimum Gasteiger partial charge on any atom is -0.431 e. The molecule has 2 N–H and O–H groups in total. The number of amidine groups is 1. The Morgan fingerprint density at radius 1 is 1.50 bits per heavy atom. The largest absolute Gasteiger partial charge is 0.431 e. The maximum absolute atomic E-state index is 5.52. The van der Waals surface area contributed by atoms with E-state index in [0.717, 1.165) is 12.2 Å². The number of ether oxygens (including phenoxy) is 1. The van der Waals surface area contributed by atoms with Crippen molar-refractivity contribution in [1.82, 2.24) is 0 Å². The summed E-state index contributed by atoms with van der Waals surface area (Å²) in [4.78, 5) is 4.20. The fourth-order valence-corrected chi connectivity index (χ4v) is 1.91. The topological polar surface area (TPSA) is 47.6 Å². The van der Waals surface area contributed by atoms with Crippen molar-refractivity contribution in [2.45, 2.75) is 46.1 Å². The maximum atomic E-state index is 5.52. The van der Waals surface area contributed by atoms with Crippen LogP contribution in [0.25, 0.3) is 0 Å². The van der Waals surface area contributed by atoms with Crippen LogP contribution in [0, 0.1) is 5.92 Å². The minimum atomic E-state index is 0.297. The predicted octanol–water partition coefficient (Wildman–Crippen LogP) is 2.43. The molecule has 1 heterocycles. The van der Waals surface area contributed by atoms with Gasteiger partial charge in [0.1, 0.15) is 5.76 Å². The van der Waals surface area contributed by atoms with Crippen molar-refractivity contribution in [3.05, 3.63) is 11.8 Å². The molecular weight excluding hydrogens is 176 g/mol. The highest BCUT2D eigenvalue weighted by Crippen LogP contribution is 2.32. The van der Waals surface area contributed by atoms with Gasteiger partial charge in [0, 0.05) is 5.92 Å². The normalized spacial score (nSPS) is 29.9. The molecule has 0 spiro atoms. The first-order valence-electron chi connectivity index (χ1n) is 5.48. The van der Waals surface area contributed by atoms with Gasteiger partial charge in [-0.3, -0.25) is 0 Å². The average molecular weight is 196 g/mol. The van der Waals surface area contributed by atoms with Crippen LogP contribution in [0.2, 0.25) is 0 Å². The third-order valence-electron chi connectivity index (χ3n) is 2.57. The van der Waals surface area contributed by atoms with Crippen molar-refractivity contribution in [3.8, 4) is 0 Å². The second-order valence-electron chi connectivity index (χ2n) is 3.45. The molecule has 0 amide bonds. The van der Waals surface area contributed by atoms with Gasteiger partial charge in [-0.1, -0.05) is 13.8 Å².